The Morgan fingerprint density at radius 3 is 2.07 bits per heavy atom. The van der Waals surface area contributed by atoms with E-state index in [1.165, 1.54) is 21.9 Å². The number of aromatic nitrogens is 2. The summed E-state index contributed by atoms with van der Waals surface area (Å²) >= 11 is 0. The van der Waals surface area contributed by atoms with Crippen LogP contribution in [0, 0.1) is 0 Å². The molecule has 3 nitrogen and oxygen atoms in total. The maximum atomic E-state index is 7.11. The quantitative estimate of drug-likeness (QED) is 0.122. The predicted molar refractivity (Wildman–Crippen MR) is 235 cm³/mol. The van der Waals surface area contributed by atoms with E-state index in [0.29, 0.717) is 0 Å². The average molecular weight is 719 g/mol. The summed E-state index contributed by atoms with van der Waals surface area (Å²) in [7, 11) is 0. The minimum atomic E-state index is 0.201. The first-order chi connectivity index (χ1) is 27.7. The van der Waals surface area contributed by atoms with Crippen LogP contribution in [0.25, 0.3) is 77.1 Å². The molecule has 0 bridgehead atoms. The van der Waals surface area contributed by atoms with E-state index >= 15 is 0 Å². The zero-order chi connectivity index (χ0) is 37.6. The van der Waals surface area contributed by atoms with Crippen molar-refractivity contribution in [3.63, 3.8) is 0 Å². The van der Waals surface area contributed by atoms with E-state index in [4.69, 9.17) is 14.4 Å². The molecule has 1 aliphatic rings. The molecule has 1 atom stereocenters. The summed E-state index contributed by atoms with van der Waals surface area (Å²) in [4.78, 5) is 10.4. The van der Waals surface area contributed by atoms with Gasteiger partial charge in [-0.25, -0.2) is 4.98 Å². The van der Waals surface area contributed by atoms with Crippen molar-refractivity contribution in [3.8, 4) is 22.4 Å². The van der Waals surface area contributed by atoms with Gasteiger partial charge in [-0.05, 0) is 70.1 Å². The van der Waals surface area contributed by atoms with Crippen molar-refractivity contribution in [2.75, 3.05) is 0 Å². The third-order valence-corrected chi connectivity index (χ3v) is 11.2. The molecule has 7 aromatic carbocycles. The molecule has 0 spiro atoms. The largest absolute Gasteiger partial charge is 0.455 e. The molecule has 0 radical (unpaired) electrons. The second-order valence-corrected chi connectivity index (χ2v) is 14.5. The van der Waals surface area contributed by atoms with Gasteiger partial charge in [0.2, 0.25) is 0 Å². The van der Waals surface area contributed by atoms with Crippen LogP contribution < -0.4 is 0 Å². The molecule has 3 heteroatoms. The second-order valence-electron chi connectivity index (χ2n) is 14.5. The monoisotopic (exact) mass is 718 g/mol. The Morgan fingerprint density at radius 2 is 1.34 bits per heavy atom. The Kier molecular flexibility index (Phi) is 8.34. The molecule has 1 aliphatic carbocycles. The van der Waals surface area contributed by atoms with E-state index in [9.17, 15) is 0 Å². The SMILES string of the molecule is C=CC(=CC=CC)c1cc(-c2cccc(-c3cnc4c5ccccc5c5ccccc5c4n3)c2)c2oc3c(c2c1)CC(c1ccccc1)C=C3c1ccccc1. The standard InChI is InChI=1S/C53H38N2O/c1-3-5-17-34(4-2)39-29-46(53-47(31-39)48-32-40(35-18-8-6-9-19-35)30-45(52(48)56-53)36-20-10-7-11-21-36)37-22-16-23-38(28-37)49-33-54-50-43-26-14-12-24-41(43)42-25-13-15-27-44(42)51(50)55-49/h3-31,33,40H,2,32H2,1H3. The number of nitrogens with zero attached hydrogens (tertiary/aromatic N) is 2. The topological polar surface area (TPSA) is 38.9 Å². The molecule has 0 N–H and O–H groups in total. The van der Waals surface area contributed by atoms with E-state index in [2.05, 4.69) is 170 Å². The van der Waals surface area contributed by atoms with Crippen LogP contribution in [0.5, 0.6) is 0 Å². The van der Waals surface area contributed by atoms with Gasteiger partial charge in [-0.2, -0.15) is 0 Å². The molecular formula is C53H38N2O. The lowest BCUT2D eigenvalue weighted by Gasteiger charge is -2.22. The molecular weight excluding hydrogens is 681 g/mol. The average Bonchev–Trinajstić information content (AvgIpc) is 3.65. The lowest BCUT2D eigenvalue weighted by molar-refractivity contribution is 0.588. The minimum Gasteiger partial charge on any atom is -0.455 e. The zero-order valence-electron chi connectivity index (χ0n) is 31.1. The van der Waals surface area contributed by atoms with E-state index in [-0.39, 0.29) is 5.92 Å². The fourth-order valence-corrected chi connectivity index (χ4v) is 8.46. The number of hydrogen-bond donors (Lipinski definition) is 0. The Hall–Kier alpha value is -7.10. The van der Waals surface area contributed by atoms with Gasteiger partial charge in [0.1, 0.15) is 11.3 Å². The summed E-state index contributed by atoms with van der Waals surface area (Å²) in [6.07, 6.45) is 13.3. The predicted octanol–water partition coefficient (Wildman–Crippen LogP) is 13.9. The van der Waals surface area contributed by atoms with Crippen LogP contribution in [-0.2, 0) is 6.42 Å². The van der Waals surface area contributed by atoms with Gasteiger partial charge >= 0.3 is 0 Å². The van der Waals surface area contributed by atoms with Crippen LogP contribution in [0.2, 0.25) is 0 Å². The third kappa shape index (κ3) is 5.68. The molecule has 0 saturated heterocycles. The first-order valence-corrected chi connectivity index (χ1v) is 19.2. The maximum absolute atomic E-state index is 7.11. The number of hydrogen-bond acceptors (Lipinski definition) is 3. The Morgan fingerprint density at radius 1 is 0.679 bits per heavy atom. The van der Waals surface area contributed by atoms with Crippen molar-refractivity contribution in [1.82, 2.24) is 9.97 Å². The summed E-state index contributed by atoms with van der Waals surface area (Å²) in [6.45, 7) is 6.25. The van der Waals surface area contributed by atoms with Gasteiger partial charge < -0.3 is 4.42 Å². The molecule has 9 aromatic rings. The summed E-state index contributed by atoms with van der Waals surface area (Å²) in [5, 5.41) is 5.70. The molecule has 0 amide bonds. The highest BCUT2D eigenvalue weighted by molar-refractivity contribution is 6.23. The first kappa shape index (κ1) is 33.5. The highest BCUT2D eigenvalue weighted by atomic mass is 16.3. The number of rotatable bonds is 7. The van der Waals surface area contributed by atoms with E-state index in [0.717, 1.165) is 89.6 Å². The van der Waals surface area contributed by atoms with Crippen molar-refractivity contribution in [2.45, 2.75) is 19.3 Å². The van der Waals surface area contributed by atoms with Crippen molar-refractivity contribution in [3.05, 3.63) is 217 Å². The van der Waals surface area contributed by atoms with Crippen molar-refractivity contribution < 1.29 is 4.42 Å². The van der Waals surface area contributed by atoms with Crippen LogP contribution in [0.1, 0.15) is 40.9 Å². The van der Waals surface area contributed by atoms with Crippen LogP contribution in [-0.4, -0.2) is 9.97 Å². The van der Waals surface area contributed by atoms with Gasteiger partial charge in [-0.15, -0.1) is 0 Å². The zero-order valence-corrected chi connectivity index (χ0v) is 31.1. The normalized spacial score (nSPS) is 14.5. The highest BCUT2D eigenvalue weighted by Crippen LogP contribution is 2.46. The highest BCUT2D eigenvalue weighted by Gasteiger charge is 2.29. The Bertz CT molecular complexity index is 3040. The van der Waals surface area contributed by atoms with Crippen LogP contribution in [0.4, 0.5) is 0 Å². The van der Waals surface area contributed by atoms with E-state index in [1.54, 1.807) is 0 Å². The van der Waals surface area contributed by atoms with Crippen LogP contribution in [0.3, 0.4) is 0 Å². The van der Waals surface area contributed by atoms with E-state index in [1.807, 2.05) is 25.3 Å². The van der Waals surface area contributed by atoms with Gasteiger partial charge in [0, 0.05) is 44.3 Å². The van der Waals surface area contributed by atoms with Gasteiger partial charge in [0.15, 0.2) is 0 Å². The fourth-order valence-electron chi connectivity index (χ4n) is 8.46. The molecule has 56 heavy (non-hydrogen) atoms. The summed E-state index contributed by atoms with van der Waals surface area (Å²) in [5.74, 6) is 1.14. The summed E-state index contributed by atoms with van der Waals surface area (Å²) in [5.41, 5.74) is 13.5. The lowest BCUT2D eigenvalue weighted by Crippen LogP contribution is -2.08. The Balaban J connectivity index is 1.18. The smallest absolute Gasteiger partial charge is 0.142 e. The summed E-state index contributed by atoms with van der Waals surface area (Å²) in [6, 6.07) is 51.6. The third-order valence-electron chi connectivity index (χ3n) is 11.2. The van der Waals surface area contributed by atoms with Crippen molar-refractivity contribution in [1.29, 1.82) is 0 Å². The second kappa shape index (κ2) is 14.0. The van der Waals surface area contributed by atoms with Gasteiger partial charge in [-0.1, -0.05) is 164 Å². The van der Waals surface area contributed by atoms with Crippen LogP contribution in [0.15, 0.2) is 193 Å². The first-order valence-electron chi connectivity index (χ1n) is 19.2. The molecule has 1 unspecified atom stereocenters. The van der Waals surface area contributed by atoms with Gasteiger partial charge in [-0.3, -0.25) is 4.98 Å². The summed E-state index contributed by atoms with van der Waals surface area (Å²) < 4.78 is 7.11. The molecule has 0 saturated carbocycles. The van der Waals surface area contributed by atoms with Crippen LogP contribution >= 0.6 is 0 Å². The molecule has 10 rings (SSSR count). The molecule has 2 aromatic heterocycles. The van der Waals surface area contributed by atoms with Gasteiger partial charge in [0.05, 0.1) is 22.9 Å². The minimum absolute atomic E-state index is 0.201. The van der Waals surface area contributed by atoms with E-state index < -0.39 is 0 Å². The molecule has 0 aliphatic heterocycles. The van der Waals surface area contributed by atoms with Crippen molar-refractivity contribution >= 4 is 54.7 Å². The number of benzene rings is 7. The van der Waals surface area contributed by atoms with Crippen molar-refractivity contribution in [2.24, 2.45) is 0 Å². The molecule has 0 fully saturated rings. The Labute approximate surface area is 326 Å². The number of allylic oxidation sites excluding steroid dienone is 6. The fraction of sp³-hybridized carbons (Fsp3) is 0.0566. The lowest BCUT2D eigenvalue weighted by atomic mass is 9.81. The maximum Gasteiger partial charge on any atom is 0.142 e. The number of furan rings is 1. The molecule has 2 heterocycles. The molecule has 266 valence electrons. The van der Waals surface area contributed by atoms with Gasteiger partial charge in [0.25, 0.3) is 0 Å². The number of fused-ring (bicyclic) bond motifs is 9.